The Balaban J connectivity index is 1.47. The van der Waals surface area contributed by atoms with Crippen molar-refractivity contribution in [2.75, 3.05) is 13.1 Å². The SMILES string of the molecule is Cc1nnnn1CCCN1CCCC[C@H]1c1nc2ccc(F)cc2[nH]1. The fourth-order valence-electron chi connectivity index (χ4n) is 3.61. The number of likely N-dealkylation sites (tertiary alicyclic amines) is 1. The number of halogens is 1. The highest BCUT2D eigenvalue weighted by Gasteiger charge is 2.26. The van der Waals surface area contributed by atoms with E-state index in [1.165, 1.54) is 25.0 Å². The van der Waals surface area contributed by atoms with Crippen LogP contribution in [0.15, 0.2) is 18.2 Å². The third-order valence-electron chi connectivity index (χ3n) is 4.92. The number of fused-ring (bicyclic) bond motifs is 1. The molecule has 25 heavy (non-hydrogen) atoms. The Morgan fingerprint density at radius 2 is 2.20 bits per heavy atom. The van der Waals surface area contributed by atoms with Gasteiger partial charge in [0.15, 0.2) is 0 Å². The van der Waals surface area contributed by atoms with Crippen LogP contribution in [-0.4, -0.2) is 48.2 Å². The predicted molar refractivity (Wildman–Crippen MR) is 91.4 cm³/mol. The zero-order valence-corrected chi connectivity index (χ0v) is 14.3. The molecular formula is C17H22FN7. The number of tetrazole rings is 1. The summed E-state index contributed by atoms with van der Waals surface area (Å²) in [6.07, 6.45) is 4.46. The second-order valence-electron chi connectivity index (χ2n) is 6.63. The van der Waals surface area contributed by atoms with E-state index in [1.807, 2.05) is 11.6 Å². The van der Waals surface area contributed by atoms with E-state index in [-0.39, 0.29) is 11.9 Å². The van der Waals surface area contributed by atoms with Crippen molar-refractivity contribution in [3.8, 4) is 0 Å². The van der Waals surface area contributed by atoms with Crippen LogP contribution in [0.5, 0.6) is 0 Å². The molecule has 7 nitrogen and oxygen atoms in total. The number of H-pyrrole nitrogens is 1. The van der Waals surface area contributed by atoms with Crippen LogP contribution in [0.4, 0.5) is 4.39 Å². The van der Waals surface area contributed by atoms with Gasteiger partial charge < -0.3 is 4.98 Å². The molecule has 0 radical (unpaired) electrons. The van der Waals surface area contributed by atoms with Crippen molar-refractivity contribution in [1.29, 1.82) is 0 Å². The second kappa shape index (κ2) is 6.87. The Morgan fingerprint density at radius 1 is 1.28 bits per heavy atom. The molecule has 4 rings (SSSR count). The number of benzene rings is 1. The Bertz CT molecular complexity index is 856. The highest BCUT2D eigenvalue weighted by atomic mass is 19.1. The van der Waals surface area contributed by atoms with Crippen molar-refractivity contribution >= 4 is 11.0 Å². The van der Waals surface area contributed by atoms with Crippen molar-refractivity contribution in [2.45, 2.75) is 45.2 Å². The molecule has 1 fully saturated rings. The zero-order chi connectivity index (χ0) is 17.2. The topological polar surface area (TPSA) is 75.5 Å². The van der Waals surface area contributed by atoms with Crippen LogP contribution in [0, 0.1) is 12.7 Å². The molecule has 1 N–H and O–H groups in total. The summed E-state index contributed by atoms with van der Waals surface area (Å²) >= 11 is 0. The molecule has 1 aromatic carbocycles. The fourth-order valence-corrected chi connectivity index (χ4v) is 3.61. The number of piperidine rings is 1. The maximum Gasteiger partial charge on any atom is 0.148 e. The Kier molecular flexibility index (Phi) is 4.44. The summed E-state index contributed by atoms with van der Waals surface area (Å²) in [6, 6.07) is 4.97. The Hall–Kier alpha value is -2.35. The molecule has 1 atom stereocenters. The number of nitrogens with zero attached hydrogens (tertiary/aromatic N) is 6. The van der Waals surface area contributed by atoms with Gasteiger partial charge in [0.1, 0.15) is 17.5 Å². The van der Waals surface area contributed by atoms with Crippen molar-refractivity contribution in [3.63, 3.8) is 0 Å². The minimum absolute atomic E-state index is 0.236. The van der Waals surface area contributed by atoms with Gasteiger partial charge in [0.2, 0.25) is 0 Å². The highest BCUT2D eigenvalue weighted by Crippen LogP contribution is 2.30. The van der Waals surface area contributed by atoms with Crippen LogP contribution in [0.25, 0.3) is 11.0 Å². The van der Waals surface area contributed by atoms with E-state index in [9.17, 15) is 4.39 Å². The van der Waals surface area contributed by atoms with E-state index < -0.39 is 0 Å². The van der Waals surface area contributed by atoms with Gasteiger partial charge in [-0.15, -0.1) is 5.10 Å². The summed E-state index contributed by atoms with van der Waals surface area (Å²) in [5.74, 6) is 1.55. The molecule has 0 bridgehead atoms. The first kappa shape index (κ1) is 16.1. The van der Waals surface area contributed by atoms with Gasteiger partial charge >= 0.3 is 0 Å². The number of hydrogen-bond acceptors (Lipinski definition) is 5. The summed E-state index contributed by atoms with van der Waals surface area (Å²) in [7, 11) is 0. The van der Waals surface area contributed by atoms with E-state index in [1.54, 1.807) is 6.07 Å². The van der Waals surface area contributed by atoms with Crippen LogP contribution in [0.1, 0.15) is 43.4 Å². The van der Waals surface area contributed by atoms with E-state index in [2.05, 4.69) is 25.4 Å². The molecular weight excluding hydrogens is 321 g/mol. The molecule has 1 aliphatic heterocycles. The average Bonchev–Trinajstić information content (AvgIpc) is 3.21. The molecule has 3 heterocycles. The number of aromatic amines is 1. The third-order valence-corrected chi connectivity index (χ3v) is 4.92. The summed E-state index contributed by atoms with van der Waals surface area (Å²) < 4.78 is 15.3. The molecule has 132 valence electrons. The quantitative estimate of drug-likeness (QED) is 0.771. The molecule has 8 heteroatoms. The largest absolute Gasteiger partial charge is 0.341 e. The van der Waals surface area contributed by atoms with E-state index in [4.69, 9.17) is 4.98 Å². The number of aryl methyl sites for hydroxylation is 2. The van der Waals surface area contributed by atoms with Gasteiger partial charge in [-0.05, 0) is 61.4 Å². The number of imidazole rings is 1. The van der Waals surface area contributed by atoms with Gasteiger partial charge in [-0.3, -0.25) is 4.90 Å². The summed E-state index contributed by atoms with van der Waals surface area (Å²) in [5.41, 5.74) is 1.59. The zero-order valence-electron chi connectivity index (χ0n) is 14.3. The van der Waals surface area contributed by atoms with Gasteiger partial charge in [0, 0.05) is 13.1 Å². The third kappa shape index (κ3) is 3.39. The summed E-state index contributed by atoms with van der Waals surface area (Å²) in [5, 5.41) is 11.6. The van der Waals surface area contributed by atoms with Gasteiger partial charge in [-0.2, -0.15) is 0 Å². The molecule has 1 saturated heterocycles. The highest BCUT2D eigenvalue weighted by molar-refractivity contribution is 5.75. The summed E-state index contributed by atoms with van der Waals surface area (Å²) in [6.45, 7) is 4.75. The smallest absolute Gasteiger partial charge is 0.148 e. The van der Waals surface area contributed by atoms with Crippen LogP contribution >= 0.6 is 0 Å². The van der Waals surface area contributed by atoms with Crippen LogP contribution in [0.3, 0.4) is 0 Å². The Labute approximate surface area is 145 Å². The molecule has 2 aromatic heterocycles. The van der Waals surface area contributed by atoms with E-state index in [0.29, 0.717) is 0 Å². The van der Waals surface area contributed by atoms with Gasteiger partial charge in [-0.1, -0.05) is 6.42 Å². The maximum atomic E-state index is 13.4. The van der Waals surface area contributed by atoms with E-state index >= 15 is 0 Å². The van der Waals surface area contributed by atoms with Crippen LogP contribution < -0.4 is 0 Å². The summed E-state index contributed by atoms with van der Waals surface area (Å²) in [4.78, 5) is 10.5. The number of nitrogens with one attached hydrogen (secondary N) is 1. The van der Waals surface area contributed by atoms with Crippen molar-refractivity contribution in [1.82, 2.24) is 35.1 Å². The normalized spacial score (nSPS) is 18.9. The van der Waals surface area contributed by atoms with Gasteiger partial charge in [-0.25, -0.2) is 14.1 Å². The molecule has 0 unspecified atom stereocenters. The molecule has 0 aliphatic carbocycles. The number of aromatic nitrogens is 6. The van der Waals surface area contributed by atoms with Crippen molar-refractivity contribution in [3.05, 3.63) is 35.7 Å². The molecule has 1 aliphatic rings. The predicted octanol–water partition coefficient (Wildman–Crippen LogP) is 2.61. The molecule has 0 amide bonds. The van der Waals surface area contributed by atoms with Crippen molar-refractivity contribution in [2.24, 2.45) is 0 Å². The van der Waals surface area contributed by atoms with Crippen LogP contribution in [0.2, 0.25) is 0 Å². The molecule has 0 spiro atoms. The average molecular weight is 343 g/mol. The lowest BCUT2D eigenvalue weighted by atomic mass is 10.0. The lowest BCUT2D eigenvalue weighted by molar-refractivity contribution is 0.138. The number of rotatable bonds is 5. The van der Waals surface area contributed by atoms with Gasteiger partial charge in [0.25, 0.3) is 0 Å². The monoisotopic (exact) mass is 343 g/mol. The minimum Gasteiger partial charge on any atom is -0.341 e. The van der Waals surface area contributed by atoms with Crippen LogP contribution in [-0.2, 0) is 6.54 Å². The first-order chi connectivity index (χ1) is 12.2. The lowest BCUT2D eigenvalue weighted by Crippen LogP contribution is -2.35. The second-order valence-corrected chi connectivity index (χ2v) is 6.63. The minimum atomic E-state index is -0.236. The Morgan fingerprint density at radius 3 is 3.04 bits per heavy atom. The first-order valence-corrected chi connectivity index (χ1v) is 8.83. The first-order valence-electron chi connectivity index (χ1n) is 8.83. The van der Waals surface area contributed by atoms with Crippen molar-refractivity contribution < 1.29 is 4.39 Å². The standard InChI is InChI=1S/C17H22FN7/c1-12-21-22-23-25(12)10-4-9-24-8-3-2-5-16(24)17-19-14-7-6-13(18)11-15(14)20-17/h6-7,11,16H,2-5,8-10H2,1H3,(H,19,20)/t16-/m0/s1. The van der Waals surface area contributed by atoms with E-state index in [0.717, 1.165) is 55.2 Å². The molecule has 3 aromatic rings. The lowest BCUT2D eigenvalue weighted by Gasteiger charge is -2.34. The van der Waals surface area contributed by atoms with Gasteiger partial charge in [0.05, 0.1) is 17.1 Å². The molecule has 0 saturated carbocycles. The maximum absolute atomic E-state index is 13.4. The number of hydrogen-bond donors (Lipinski definition) is 1. The fraction of sp³-hybridized carbons (Fsp3) is 0.529.